The number of methoxy groups -OCH3 is 1. The SMILES string of the molecule is COc1ccc(Br)cc1CCCC(=O)C1CC1. The minimum atomic E-state index is 0.388. The molecule has 1 aromatic carbocycles. The van der Waals surface area contributed by atoms with Crippen molar-refractivity contribution in [2.75, 3.05) is 7.11 Å². The van der Waals surface area contributed by atoms with Crippen molar-refractivity contribution in [2.45, 2.75) is 32.1 Å². The molecule has 0 atom stereocenters. The number of Topliss-reactive ketones (excluding diaryl/α,β-unsaturated/α-hetero) is 1. The van der Waals surface area contributed by atoms with Gasteiger partial charge < -0.3 is 4.74 Å². The Hall–Kier alpha value is -0.830. The van der Waals surface area contributed by atoms with Gasteiger partial charge in [0.15, 0.2) is 0 Å². The minimum absolute atomic E-state index is 0.388. The summed E-state index contributed by atoms with van der Waals surface area (Å²) in [6.07, 6.45) is 4.75. The molecule has 2 nitrogen and oxygen atoms in total. The van der Waals surface area contributed by atoms with Crippen LogP contribution in [-0.4, -0.2) is 12.9 Å². The Morgan fingerprint density at radius 3 is 2.88 bits per heavy atom. The van der Waals surface area contributed by atoms with E-state index in [9.17, 15) is 4.79 Å². The van der Waals surface area contributed by atoms with Crippen LogP contribution in [0.2, 0.25) is 0 Å². The molecule has 1 saturated carbocycles. The van der Waals surface area contributed by atoms with Gasteiger partial charge in [-0.15, -0.1) is 0 Å². The maximum Gasteiger partial charge on any atom is 0.135 e. The van der Waals surface area contributed by atoms with Crippen molar-refractivity contribution in [3.8, 4) is 5.75 Å². The first-order chi connectivity index (χ1) is 8.20. The molecule has 0 radical (unpaired) electrons. The van der Waals surface area contributed by atoms with Crippen LogP contribution in [0.3, 0.4) is 0 Å². The number of rotatable bonds is 6. The highest BCUT2D eigenvalue weighted by Crippen LogP contribution is 2.32. The lowest BCUT2D eigenvalue weighted by Gasteiger charge is -2.08. The Kier molecular flexibility index (Phi) is 4.21. The van der Waals surface area contributed by atoms with E-state index in [1.807, 2.05) is 12.1 Å². The fourth-order valence-corrected chi connectivity index (χ4v) is 2.41. The number of hydrogen-bond donors (Lipinski definition) is 0. The number of carbonyl (C=O) groups is 1. The van der Waals surface area contributed by atoms with Gasteiger partial charge in [-0.05, 0) is 49.4 Å². The molecule has 0 N–H and O–H groups in total. The van der Waals surface area contributed by atoms with Crippen molar-refractivity contribution in [1.82, 2.24) is 0 Å². The highest BCUT2D eigenvalue weighted by atomic mass is 79.9. The van der Waals surface area contributed by atoms with E-state index in [4.69, 9.17) is 4.74 Å². The smallest absolute Gasteiger partial charge is 0.135 e. The van der Waals surface area contributed by atoms with Gasteiger partial charge in [0.1, 0.15) is 11.5 Å². The van der Waals surface area contributed by atoms with Crippen LogP contribution in [0.15, 0.2) is 22.7 Å². The molecule has 0 bridgehead atoms. The van der Waals surface area contributed by atoms with Gasteiger partial charge in [-0.3, -0.25) is 4.79 Å². The van der Waals surface area contributed by atoms with Gasteiger partial charge in [0, 0.05) is 16.8 Å². The van der Waals surface area contributed by atoms with Gasteiger partial charge in [0.25, 0.3) is 0 Å². The average Bonchev–Trinajstić information content (AvgIpc) is 3.13. The monoisotopic (exact) mass is 296 g/mol. The molecule has 17 heavy (non-hydrogen) atoms. The summed E-state index contributed by atoms with van der Waals surface area (Å²) in [5.41, 5.74) is 1.17. The Morgan fingerprint density at radius 1 is 1.47 bits per heavy atom. The Morgan fingerprint density at radius 2 is 2.24 bits per heavy atom. The molecule has 0 aromatic heterocycles. The lowest BCUT2D eigenvalue weighted by molar-refractivity contribution is -0.120. The van der Waals surface area contributed by atoms with E-state index in [1.54, 1.807) is 7.11 Å². The van der Waals surface area contributed by atoms with E-state index in [0.717, 1.165) is 35.9 Å². The number of hydrogen-bond acceptors (Lipinski definition) is 2. The number of benzene rings is 1. The predicted octanol–water partition coefficient (Wildman–Crippen LogP) is 3.76. The number of ketones is 1. The largest absolute Gasteiger partial charge is 0.496 e. The molecular weight excluding hydrogens is 280 g/mol. The second-order valence-electron chi connectivity index (χ2n) is 4.55. The summed E-state index contributed by atoms with van der Waals surface area (Å²) in [5, 5.41) is 0. The normalized spacial score (nSPS) is 14.7. The zero-order chi connectivity index (χ0) is 12.3. The van der Waals surface area contributed by atoms with Crippen LogP contribution in [0.25, 0.3) is 0 Å². The fraction of sp³-hybridized carbons (Fsp3) is 0.500. The summed E-state index contributed by atoms with van der Waals surface area (Å²) < 4.78 is 6.37. The molecule has 1 aromatic rings. The molecule has 0 heterocycles. The molecule has 1 aliphatic rings. The molecule has 1 fully saturated rings. The quantitative estimate of drug-likeness (QED) is 0.799. The summed E-state index contributed by atoms with van der Waals surface area (Å²) >= 11 is 3.46. The lowest BCUT2D eigenvalue weighted by atomic mass is 10.0. The Balaban J connectivity index is 1.88. The van der Waals surface area contributed by atoms with Crippen molar-refractivity contribution in [1.29, 1.82) is 0 Å². The summed E-state index contributed by atoms with van der Waals surface area (Å²) in [7, 11) is 1.68. The van der Waals surface area contributed by atoms with Gasteiger partial charge in [-0.25, -0.2) is 0 Å². The van der Waals surface area contributed by atoms with E-state index in [-0.39, 0.29) is 0 Å². The molecule has 3 heteroatoms. The Bertz CT molecular complexity index is 411. The molecular formula is C14H17BrO2. The third-order valence-corrected chi connectivity index (χ3v) is 3.64. The summed E-state index contributed by atoms with van der Waals surface area (Å²) in [6, 6.07) is 6.00. The van der Waals surface area contributed by atoms with E-state index >= 15 is 0 Å². The minimum Gasteiger partial charge on any atom is -0.496 e. The van der Waals surface area contributed by atoms with E-state index < -0.39 is 0 Å². The van der Waals surface area contributed by atoms with Crippen LogP contribution in [0.4, 0.5) is 0 Å². The fourth-order valence-electron chi connectivity index (χ4n) is 2.01. The molecule has 2 rings (SSSR count). The van der Waals surface area contributed by atoms with Gasteiger partial charge in [0.05, 0.1) is 7.11 Å². The number of carbonyl (C=O) groups excluding carboxylic acids is 1. The van der Waals surface area contributed by atoms with Crippen molar-refractivity contribution in [2.24, 2.45) is 5.92 Å². The summed E-state index contributed by atoms with van der Waals surface area (Å²) in [6.45, 7) is 0. The number of ether oxygens (including phenoxy) is 1. The molecule has 0 unspecified atom stereocenters. The van der Waals surface area contributed by atoms with Crippen molar-refractivity contribution < 1.29 is 9.53 Å². The summed E-state index contributed by atoms with van der Waals surface area (Å²) in [4.78, 5) is 11.6. The second-order valence-corrected chi connectivity index (χ2v) is 5.47. The molecule has 92 valence electrons. The molecule has 0 aliphatic heterocycles. The van der Waals surface area contributed by atoms with Crippen molar-refractivity contribution in [3.05, 3.63) is 28.2 Å². The molecule has 0 spiro atoms. The molecule has 1 aliphatic carbocycles. The topological polar surface area (TPSA) is 26.3 Å². The first-order valence-electron chi connectivity index (χ1n) is 6.06. The highest BCUT2D eigenvalue weighted by molar-refractivity contribution is 9.10. The highest BCUT2D eigenvalue weighted by Gasteiger charge is 2.28. The first kappa shape index (κ1) is 12.6. The van der Waals surface area contributed by atoms with Crippen LogP contribution >= 0.6 is 15.9 Å². The van der Waals surface area contributed by atoms with Crippen LogP contribution in [0, 0.1) is 5.92 Å². The zero-order valence-electron chi connectivity index (χ0n) is 10.0. The van der Waals surface area contributed by atoms with Gasteiger partial charge in [-0.2, -0.15) is 0 Å². The van der Waals surface area contributed by atoms with Crippen LogP contribution in [0.1, 0.15) is 31.2 Å². The molecule has 0 saturated heterocycles. The average molecular weight is 297 g/mol. The van der Waals surface area contributed by atoms with Crippen molar-refractivity contribution >= 4 is 21.7 Å². The van der Waals surface area contributed by atoms with Crippen LogP contribution in [0.5, 0.6) is 5.75 Å². The van der Waals surface area contributed by atoms with Gasteiger partial charge in [-0.1, -0.05) is 15.9 Å². The number of aryl methyl sites for hydroxylation is 1. The first-order valence-corrected chi connectivity index (χ1v) is 6.85. The maximum atomic E-state index is 11.6. The summed E-state index contributed by atoms with van der Waals surface area (Å²) in [5.74, 6) is 1.74. The van der Waals surface area contributed by atoms with E-state index in [2.05, 4.69) is 22.0 Å². The third kappa shape index (κ3) is 3.56. The van der Waals surface area contributed by atoms with E-state index in [1.165, 1.54) is 5.56 Å². The Labute approximate surface area is 110 Å². The lowest BCUT2D eigenvalue weighted by Crippen LogP contribution is -2.01. The standard InChI is InChI=1S/C14H17BrO2/c1-17-14-8-7-12(15)9-11(14)3-2-4-13(16)10-5-6-10/h7-10H,2-6H2,1H3. The number of halogens is 1. The van der Waals surface area contributed by atoms with Gasteiger partial charge >= 0.3 is 0 Å². The van der Waals surface area contributed by atoms with Crippen molar-refractivity contribution in [3.63, 3.8) is 0 Å². The third-order valence-electron chi connectivity index (χ3n) is 3.14. The van der Waals surface area contributed by atoms with E-state index in [0.29, 0.717) is 18.1 Å². The van der Waals surface area contributed by atoms with Crippen LogP contribution in [-0.2, 0) is 11.2 Å². The maximum absolute atomic E-state index is 11.6. The van der Waals surface area contributed by atoms with Gasteiger partial charge in [0.2, 0.25) is 0 Å². The predicted molar refractivity (Wildman–Crippen MR) is 71.4 cm³/mol. The molecule has 0 amide bonds. The zero-order valence-corrected chi connectivity index (χ0v) is 11.6. The second kappa shape index (κ2) is 5.67. The van der Waals surface area contributed by atoms with Crippen LogP contribution < -0.4 is 4.74 Å².